The molecule has 1 spiro atoms. The fraction of sp³-hybridized carbons (Fsp3) is 0.867. The Morgan fingerprint density at radius 1 is 1.06 bits per heavy atom. The lowest BCUT2D eigenvalue weighted by atomic mass is 9.73. The van der Waals surface area contributed by atoms with Crippen LogP contribution < -0.4 is 0 Å². The summed E-state index contributed by atoms with van der Waals surface area (Å²) in [7, 11) is 0. The molecule has 3 nitrogen and oxygen atoms in total. The third-order valence-corrected chi connectivity index (χ3v) is 4.54. The second kappa shape index (κ2) is 5.85. The Labute approximate surface area is 110 Å². The van der Waals surface area contributed by atoms with Gasteiger partial charge in [0.05, 0.1) is 5.41 Å². The molecule has 102 valence electrons. The van der Waals surface area contributed by atoms with Gasteiger partial charge in [0.1, 0.15) is 0 Å². The second-order valence-electron chi connectivity index (χ2n) is 5.93. The van der Waals surface area contributed by atoms with Gasteiger partial charge < -0.3 is 0 Å². The minimum absolute atomic E-state index is 0.0819. The topological polar surface area (TPSA) is 37.4 Å². The summed E-state index contributed by atoms with van der Waals surface area (Å²) in [5.41, 5.74) is -0.292. The van der Waals surface area contributed by atoms with Crippen LogP contribution in [0.15, 0.2) is 0 Å². The normalized spacial score (nSPS) is 23.1. The van der Waals surface area contributed by atoms with Crippen LogP contribution in [0, 0.1) is 5.41 Å². The molecule has 2 amide bonds. The monoisotopic (exact) mass is 251 g/mol. The molecule has 0 unspecified atom stereocenters. The van der Waals surface area contributed by atoms with Crippen LogP contribution in [0.1, 0.15) is 71.1 Å². The molecule has 0 aromatic rings. The van der Waals surface area contributed by atoms with Gasteiger partial charge in [0.15, 0.2) is 0 Å². The number of carbonyl (C=O) groups is 2. The van der Waals surface area contributed by atoms with E-state index in [1.54, 1.807) is 4.90 Å². The average Bonchev–Trinajstić information content (AvgIpc) is 2.59. The number of hydrogen-bond donors (Lipinski definition) is 0. The molecule has 0 atom stereocenters. The van der Waals surface area contributed by atoms with Gasteiger partial charge in [-0.25, -0.2) is 0 Å². The molecule has 2 fully saturated rings. The van der Waals surface area contributed by atoms with E-state index in [0.29, 0.717) is 13.0 Å². The molecular weight excluding hydrogens is 226 g/mol. The van der Waals surface area contributed by atoms with Crippen molar-refractivity contribution in [1.29, 1.82) is 0 Å². The van der Waals surface area contributed by atoms with Crippen molar-refractivity contribution in [1.82, 2.24) is 4.90 Å². The molecule has 0 N–H and O–H groups in total. The Morgan fingerprint density at radius 2 is 1.78 bits per heavy atom. The number of carbonyl (C=O) groups excluding carboxylic acids is 2. The minimum Gasteiger partial charge on any atom is -0.282 e. The SMILES string of the molecule is CCCCCCN1C(=O)CC2(CCCCC2)C1=O. The third kappa shape index (κ3) is 2.60. The minimum atomic E-state index is -0.292. The number of imide groups is 1. The zero-order chi connectivity index (χ0) is 13.0. The molecule has 1 aliphatic carbocycles. The molecule has 3 heteroatoms. The Hall–Kier alpha value is -0.860. The maximum Gasteiger partial charge on any atom is 0.235 e. The van der Waals surface area contributed by atoms with Crippen molar-refractivity contribution in [3.63, 3.8) is 0 Å². The van der Waals surface area contributed by atoms with E-state index in [9.17, 15) is 9.59 Å². The van der Waals surface area contributed by atoms with Gasteiger partial charge in [-0.3, -0.25) is 14.5 Å². The molecule has 2 aliphatic rings. The summed E-state index contributed by atoms with van der Waals surface area (Å²) in [6, 6.07) is 0. The van der Waals surface area contributed by atoms with Gasteiger partial charge >= 0.3 is 0 Å². The Kier molecular flexibility index (Phi) is 4.41. The standard InChI is InChI=1S/C15H25NO2/c1-2-3-4-8-11-16-13(17)12-15(14(16)18)9-6-5-7-10-15/h2-12H2,1H3. The molecule has 18 heavy (non-hydrogen) atoms. The highest BCUT2D eigenvalue weighted by atomic mass is 16.2. The predicted octanol–water partition coefficient (Wildman–Crippen LogP) is 3.28. The van der Waals surface area contributed by atoms with E-state index < -0.39 is 0 Å². The molecule has 0 radical (unpaired) electrons. The molecule has 1 heterocycles. The Bertz CT molecular complexity index is 318. The summed E-state index contributed by atoms with van der Waals surface area (Å²) in [5, 5.41) is 0. The molecule has 1 aliphatic heterocycles. The third-order valence-electron chi connectivity index (χ3n) is 4.54. The van der Waals surface area contributed by atoms with Crippen LogP contribution in [-0.2, 0) is 9.59 Å². The highest BCUT2D eigenvalue weighted by Gasteiger charge is 2.50. The maximum absolute atomic E-state index is 12.5. The van der Waals surface area contributed by atoms with Gasteiger partial charge in [0.2, 0.25) is 11.8 Å². The van der Waals surface area contributed by atoms with Gasteiger partial charge in [-0.05, 0) is 19.3 Å². The lowest BCUT2D eigenvalue weighted by Crippen LogP contribution is -2.37. The Balaban J connectivity index is 1.92. The molecular formula is C15H25NO2. The van der Waals surface area contributed by atoms with E-state index >= 15 is 0 Å². The quantitative estimate of drug-likeness (QED) is 0.555. The van der Waals surface area contributed by atoms with Crippen molar-refractivity contribution in [2.24, 2.45) is 5.41 Å². The highest BCUT2D eigenvalue weighted by Crippen LogP contribution is 2.45. The molecule has 1 saturated carbocycles. The molecule has 2 rings (SSSR count). The smallest absolute Gasteiger partial charge is 0.235 e. The fourth-order valence-corrected chi connectivity index (χ4v) is 3.40. The summed E-state index contributed by atoms with van der Waals surface area (Å²) in [6.45, 7) is 2.82. The van der Waals surface area contributed by atoms with Crippen molar-refractivity contribution in [2.45, 2.75) is 71.1 Å². The van der Waals surface area contributed by atoms with Gasteiger partial charge in [-0.2, -0.15) is 0 Å². The largest absolute Gasteiger partial charge is 0.282 e. The number of nitrogens with zero attached hydrogens (tertiary/aromatic N) is 1. The van der Waals surface area contributed by atoms with E-state index in [-0.39, 0.29) is 17.2 Å². The number of likely N-dealkylation sites (tertiary alicyclic amines) is 1. The zero-order valence-electron chi connectivity index (χ0n) is 11.5. The molecule has 0 aromatic heterocycles. The lowest BCUT2D eigenvalue weighted by molar-refractivity contribution is -0.142. The van der Waals surface area contributed by atoms with E-state index in [2.05, 4.69) is 6.92 Å². The molecule has 0 bridgehead atoms. The van der Waals surface area contributed by atoms with Gasteiger partial charge in [0, 0.05) is 13.0 Å². The average molecular weight is 251 g/mol. The van der Waals surface area contributed by atoms with Crippen molar-refractivity contribution < 1.29 is 9.59 Å². The van der Waals surface area contributed by atoms with E-state index in [1.165, 1.54) is 19.3 Å². The van der Waals surface area contributed by atoms with Gasteiger partial charge in [-0.15, -0.1) is 0 Å². The predicted molar refractivity (Wildman–Crippen MR) is 71.0 cm³/mol. The maximum atomic E-state index is 12.5. The summed E-state index contributed by atoms with van der Waals surface area (Å²) >= 11 is 0. The van der Waals surface area contributed by atoms with Crippen LogP contribution in [0.3, 0.4) is 0 Å². The first-order valence-corrected chi connectivity index (χ1v) is 7.54. The van der Waals surface area contributed by atoms with E-state index in [0.717, 1.165) is 38.5 Å². The number of amides is 2. The first-order chi connectivity index (χ1) is 8.69. The summed E-state index contributed by atoms with van der Waals surface area (Å²) in [4.78, 5) is 26.0. The molecule has 0 aromatic carbocycles. The fourth-order valence-electron chi connectivity index (χ4n) is 3.40. The first kappa shape index (κ1) is 13.6. The van der Waals surface area contributed by atoms with Gasteiger partial charge in [-0.1, -0.05) is 45.4 Å². The van der Waals surface area contributed by atoms with Crippen LogP contribution >= 0.6 is 0 Å². The van der Waals surface area contributed by atoms with Crippen LogP contribution in [0.25, 0.3) is 0 Å². The van der Waals surface area contributed by atoms with Crippen LogP contribution in [-0.4, -0.2) is 23.3 Å². The van der Waals surface area contributed by atoms with Crippen LogP contribution in [0.4, 0.5) is 0 Å². The summed E-state index contributed by atoms with van der Waals surface area (Å²) in [6.07, 6.45) is 10.3. The summed E-state index contributed by atoms with van der Waals surface area (Å²) in [5.74, 6) is 0.224. The highest BCUT2D eigenvalue weighted by molar-refractivity contribution is 6.05. The van der Waals surface area contributed by atoms with E-state index in [4.69, 9.17) is 0 Å². The zero-order valence-corrected chi connectivity index (χ0v) is 11.5. The van der Waals surface area contributed by atoms with Crippen molar-refractivity contribution in [2.75, 3.05) is 6.54 Å². The lowest BCUT2D eigenvalue weighted by Gasteiger charge is -2.30. The molecule has 1 saturated heterocycles. The van der Waals surface area contributed by atoms with Crippen LogP contribution in [0.5, 0.6) is 0 Å². The van der Waals surface area contributed by atoms with Gasteiger partial charge in [0.25, 0.3) is 0 Å². The first-order valence-electron chi connectivity index (χ1n) is 7.54. The van der Waals surface area contributed by atoms with Crippen molar-refractivity contribution in [3.8, 4) is 0 Å². The number of rotatable bonds is 5. The van der Waals surface area contributed by atoms with Crippen molar-refractivity contribution >= 4 is 11.8 Å². The van der Waals surface area contributed by atoms with Crippen molar-refractivity contribution in [3.05, 3.63) is 0 Å². The Morgan fingerprint density at radius 3 is 2.44 bits per heavy atom. The van der Waals surface area contributed by atoms with E-state index in [1.807, 2.05) is 0 Å². The summed E-state index contributed by atoms with van der Waals surface area (Å²) < 4.78 is 0. The second-order valence-corrected chi connectivity index (χ2v) is 5.93. The number of hydrogen-bond acceptors (Lipinski definition) is 2. The number of unbranched alkanes of at least 4 members (excludes halogenated alkanes) is 3. The van der Waals surface area contributed by atoms with Crippen LogP contribution in [0.2, 0.25) is 0 Å².